The molecule has 0 aromatic heterocycles. The number of ether oxygens (including phenoxy) is 1. The summed E-state index contributed by atoms with van der Waals surface area (Å²) in [6.45, 7) is 0. The summed E-state index contributed by atoms with van der Waals surface area (Å²) in [4.78, 5) is -0.193. The number of nitrogens with one attached hydrogen (secondary N) is 1. The lowest BCUT2D eigenvalue weighted by Gasteiger charge is -2.11. The molecular weight excluding hydrogens is 362 g/mol. The van der Waals surface area contributed by atoms with Crippen molar-refractivity contribution in [2.24, 2.45) is 5.73 Å². The fourth-order valence-corrected chi connectivity index (χ4v) is 2.37. The number of methoxy groups -OCH3 is 1. The van der Waals surface area contributed by atoms with Crippen LogP contribution in [0.1, 0.15) is 5.56 Å². The summed E-state index contributed by atoms with van der Waals surface area (Å²) in [5, 5.41) is 2.79. The van der Waals surface area contributed by atoms with Gasteiger partial charge < -0.3 is 15.8 Å². The number of halogens is 3. The summed E-state index contributed by atoms with van der Waals surface area (Å²) in [7, 11) is 1.52. The fraction of sp³-hybridized carbons (Fsp3) is 0.0714. The van der Waals surface area contributed by atoms with Crippen molar-refractivity contribution in [3.63, 3.8) is 0 Å². The van der Waals surface area contributed by atoms with E-state index in [-0.39, 0.29) is 16.2 Å². The van der Waals surface area contributed by atoms with Crippen molar-refractivity contribution in [2.75, 3.05) is 12.4 Å². The highest BCUT2D eigenvalue weighted by atomic mass is 79.9. The maximum Gasteiger partial charge on any atom is 0.182 e. The molecule has 7 heteroatoms. The van der Waals surface area contributed by atoms with Crippen LogP contribution in [0, 0.1) is 11.6 Å². The zero-order chi connectivity index (χ0) is 15.6. The molecule has 3 N–H and O–H groups in total. The molecule has 0 atom stereocenters. The average Bonchev–Trinajstić information content (AvgIpc) is 2.43. The monoisotopic (exact) mass is 372 g/mol. The van der Waals surface area contributed by atoms with Gasteiger partial charge in [0.1, 0.15) is 10.7 Å². The zero-order valence-corrected chi connectivity index (χ0v) is 13.3. The topological polar surface area (TPSA) is 47.3 Å². The molecule has 2 rings (SSSR count). The first-order valence-electron chi connectivity index (χ1n) is 5.81. The summed E-state index contributed by atoms with van der Waals surface area (Å²) >= 11 is 7.97. The smallest absolute Gasteiger partial charge is 0.182 e. The minimum atomic E-state index is -1.07. The van der Waals surface area contributed by atoms with E-state index >= 15 is 0 Å². The molecule has 0 aliphatic carbocycles. The van der Waals surface area contributed by atoms with E-state index in [9.17, 15) is 8.78 Å². The van der Waals surface area contributed by atoms with Gasteiger partial charge in [0.25, 0.3) is 0 Å². The van der Waals surface area contributed by atoms with Crippen molar-refractivity contribution in [1.82, 2.24) is 0 Å². The van der Waals surface area contributed by atoms with Gasteiger partial charge in [-0.3, -0.25) is 0 Å². The van der Waals surface area contributed by atoms with Crippen molar-refractivity contribution < 1.29 is 13.5 Å². The van der Waals surface area contributed by atoms with Gasteiger partial charge in [-0.05, 0) is 24.3 Å². The Hall–Kier alpha value is -1.73. The van der Waals surface area contributed by atoms with Gasteiger partial charge in [0.05, 0.1) is 12.8 Å². The molecule has 2 aromatic rings. The Labute approximate surface area is 134 Å². The van der Waals surface area contributed by atoms with Crippen LogP contribution in [0.3, 0.4) is 0 Å². The molecule has 2 aromatic carbocycles. The first-order valence-corrected chi connectivity index (χ1v) is 7.02. The predicted molar refractivity (Wildman–Crippen MR) is 86.2 cm³/mol. The van der Waals surface area contributed by atoms with Gasteiger partial charge in [-0.2, -0.15) is 0 Å². The van der Waals surface area contributed by atoms with Crippen LogP contribution in [-0.2, 0) is 0 Å². The third kappa shape index (κ3) is 3.48. The van der Waals surface area contributed by atoms with Gasteiger partial charge >= 0.3 is 0 Å². The molecule has 0 bridgehead atoms. The first-order chi connectivity index (χ1) is 9.92. The van der Waals surface area contributed by atoms with Crippen LogP contribution in [0.15, 0.2) is 34.8 Å². The molecule has 0 saturated heterocycles. The molecule has 110 valence electrons. The van der Waals surface area contributed by atoms with E-state index in [0.717, 1.165) is 4.47 Å². The van der Waals surface area contributed by atoms with Gasteiger partial charge in [0.2, 0.25) is 0 Å². The van der Waals surface area contributed by atoms with Crippen LogP contribution in [0.4, 0.5) is 20.2 Å². The highest BCUT2D eigenvalue weighted by molar-refractivity contribution is 9.10. The van der Waals surface area contributed by atoms with E-state index in [1.54, 1.807) is 18.2 Å². The molecule has 0 radical (unpaired) electrons. The maximum atomic E-state index is 14.0. The predicted octanol–water partition coefficient (Wildman–Crippen LogP) is 4.11. The Morgan fingerprint density at radius 2 is 1.95 bits per heavy atom. The molecule has 0 spiro atoms. The quantitative estimate of drug-likeness (QED) is 0.792. The van der Waals surface area contributed by atoms with Gasteiger partial charge in [-0.25, -0.2) is 8.78 Å². The fourth-order valence-electron chi connectivity index (χ4n) is 1.74. The average molecular weight is 373 g/mol. The van der Waals surface area contributed by atoms with Crippen LogP contribution >= 0.6 is 28.1 Å². The third-order valence-corrected chi connectivity index (χ3v) is 3.41. The van der Waals surface area contributed by atoms with Gasteiger partial charge in [-0.15, -0.1) is 0 Å². The highest BCUT2D eigenvalue weighted by Gasteiger charge is 2.15. The highest BCUT2D eigenvalue weighted by Crippen LogP contribution is 2.29. The van der Waals surface area contributed by atoms with Crippen LogP contribution in [0.2, 0.25) is 0 Å². The summed E-state index contributed by atoms with van der Waals surface area (Å²) < 4.78 is 33.7. The Morgan fingerprint density at radius 1 is 1.24 bits per heavy atom. The number of hydrogen-bond donors (Lipinski definition) is 2. The van der Waals surface area contributed by atoms with Gasteiger partial charge in [0, 0.05) is 21.8 Å². The van der Waals surface area contributed by atoms with Crippen LogP contribution in [0.5, 0.6) is 5.75 Å². The number of anilines is 2. The number of hydrogen-bond acceptors (Lipinski definition) is 3. The van der Waals surface area contributed by atoms with Crippen molar-refractivity contribution >= 4 is 44.5 Å². The Bertz CT molecular complexity index is 710. The Morgan fingerprint density at radius 3 is 2.57 bits per heavy atom. The molecular formula is C14H11BrF2N2OS. The second-order valence-electron chi connectivity index (χ2n) is 4.16. The number of nitrogens with two attached hydrogens (primary N) is 1. The van der Waals surface area contributed by atoms with Crippen LogP contribution < -0.4 is 15.8 Å². The lowest BCUT2D eigenvalue weighted by atomic mass is 10.1. The van der Waals surface area contributed by atoms with Crippen molar-refractivity contribution in [1.29, 1.82) is 0 Å². The van der Waals surface area contributed by atoms with Gasteiger partial charge in [-0.1, -0.05) is 28.1 Å². The van der Waals surface area contributed by atoms with E-state index in [0.29, 0.717) is 11.4 Å². The first kappa shape index (κ1) is 15.7. The second-order valence-corrected chi connectivity index (χ2v) is 5.51. The zero-order valence-electron chi connectivity index (χ0n) is 10.9. The lowest BCUT2D eigenvalue weighted by molar-refractivity contribution is 0.415. The van der Waals surface area contributed by atoms with E-state index in [4.69, 9.17) is 10.5 Å². The summed E-state index contributed by atoms with van der Waals surface area (Å²) in [5.74, 6) is -1.54. The van der Waals surface area contributed by atoms with Crippen LogP contribution in [-0.4, -0.2) is 12.1 Å². The molecule has 0 heterocycles. The Balaban J connectivity index is 2.38. The van der Waals surface area contributed by atoms with Gasteiger partial charge in [0.15, 0.2) is 11.6 Å². The van der Waals surface area contributed by atoms with E-state index in [2.05, 4.69) is 33.5 Å². The minimum absolute atomic E-state index is 0.0207. The van der Waals surface area contributed by atoms with Crippen molar-refractivity contribution in [3.05, 3.63) is 52.0 Å². The molecule has 0 fully saturated rings. The summed E-state index contributed by atoms with van der Waals surface area (Å²) in [6.07, 6.45) is 0. The SMILES string of the molecule is COc1cc(Br)cc(Nc2ccc(C(N)=S)c(F)c2F)c1. The normalized spacial score (nSPS) is 10.3. The van der Waals surface area contributed by atoms with E-state index < -0.39 is 11.6 Å². The summed E-state index contributed by atoms with van der Waals surface area (Å²) in [5.41, 5.74) is 5.72. The summed E-state index contributed by atoms with van der Waals surface area (Å²) in [6, 6.07) is 7.82. The Kier molecular flexibility index (Phi) is 4.74. The molecule has 3 nitrogen and oxygen atoms in total. The molecule has 0 amide bonds. The number of rotatable bonds is 4. The van der Waals surface area contributed by atoms with Crippen LogP contribution in [0.25, 0.3) is 0 Å². The lowest BCUT2D eigenvalue weighted by Crippen LogP contribution is -2.13. The number of benzene rings is 2. The molecule has 0 saturated carbocycles. The van der Waals surface area contributed by atoms with Crippen molar-refractivity contribution in [2.45, 2.75) is 0 Å². The minimum Gasteiger partial charge on any atom is -0.497 e. The maximum absolute atomic E-state index is 14.0. The van der Waals surface area contributed by atoms with Crippen molar-refractivity contribution in [3.8, 4) is 5.75 Å². The number of thiocarbonyl (C=S) groups is 1. The molecule has 0 unspecified atom stereocenters. The standard InChI is InChI=1S/C14H11BrF2N2OS/c1-20-9-5-7(15)4-8(6-9)19-11-3-2-10(14(18)21)12(16)13(11)17/h2-6,19H,1H3,(H2,18,21). The largest absolute Gasteiger partial charge is 0.497 e. The molecule has 21 heavy (non-hydrogen) atoms. The third-order valence-electron chi connectivity index (χ3n) is 2.73. The van der Waals surface area contributed by atoms with E-state index in [1.807, 2.05) is 0 Å². The molecule has 0 aliphatic rings. The second kappa shape index (κ2) is 6.36. The molecule has 0 aliphatic heterocycles. The van der Waals surface area contributed by atoms with E-state index in [1.165, 1.54) is 19.2 Å².